The molecule has 11 aromatic rings. The van der Waals surface area contributed by atoms with Crippen molar-refractivity contribution in [3.63, 3.8) is 0 Å². The van der Waals surface area contributed by atoms with Crippen LogP contribution in [0.3, 0.4) is 0 Å². The highest BCUT2D eigenvalue weighted by atomic mass is 16.5. The van der Waals surface area contributed by atoms with E-state index < -0.39 is 0 Å². The zero-order chi connectivity index (χ0) is 43.6. The van der Waals surface area contributed by atoms with Gasteiger partial charge >= 0.3 is 0 Å². The van der Waals surface area contributed by atoms with Crippen molar-refractivity contribution in [2.75, 3.05) is 0 Å². The number of aromatic nitrogens is 3. The van der Waals surface area contributed by atoms with Gasteiger partial charge in [0.2, 0.25) is 0 Å². The number of pyridine rings is 1. The van der Waals surface area contributed by atoms with E-state index in [1.54, 1.807) is 0 Å². The van der Waals surface area contributed by atoms with Crippen molar-refractivity contribution in [2.24, 2.45) is 0 Å². The summed E-state index contributed by atoms with van der Waals surface area (Å²) in [6.45, 7) is 6.52. The van der Waals surface area contributed by atoms with E-state index in [0.717, 1.165) is 106 Å². The Kier molecular flexibility index (Phi) is 7.92. The molecule has 0 amide bonds. The average Bonchev–Trinajstić information content (AvgIpc) is 3.86. The molecule has 13 rings (SSSR count). The van der Waals surface area contributed by atoms with Gasteiger partial charge in [-0.25, -0.2) is 4.98 Å². The summed E-state index contributed by atoms with van der Waals surface area (Å²) in [5.74, 6) is 3.99. The molecular formula is C58H39BN4O2. The van der Waals surface area contributed by atoms with Crippen LogP contribution < -0.4 is 25.9 Å². The van der Waals surface area contributed by atoms with E-state index >= 15 is 0 Å². The van der Waals surface area contributed by atoms with Crippen LogP contribution in [0.2, 0.25) is 0 Å². The molecule has 7 heteroatoms. The number of rotatable bonds is 4. The Balaban J connectivity index is 0.983. The first-order valence-electron chi connectivity index (χ1n) is 22.1. The highest BCUT2D eigenvalue weighted by Crippen LogP contribution is 2.41. The molecule has 0 atom stereocenters. The Morgan fingerprint density at radius 1 is 0.492 bits per heavy atom. The third kappa shape index (κ3) is 5.70. The lowest BCUT2D eigenvalue weighted by Crippen LogP contribution is -2.57. The van der Waals surface area contributed by atoms with Crippen LogP contribution in [0.4, 0.5) is 0 Å². The number of benzene rings is 8. The minimum absolute atomic E-state index is 0.0339. The molecular weight excluding hydrogens is 795 g/mol. The predicted molar refractivity (Wildman–Crippen MR) is 265 cm³/mol. The molecule has 0 spiro atoms. The van der Waals surface area contributed by atoms with Gasteiger partial charge in [-0.05, 0) is 111 Å². The van der Waals surface area contributed by atoms with Gasteiger partial charge in [0.15, 0.2) is 0 Å². The van der Waals surface area contributed by atoms with Crippen LogP contribution in [0.1, 0.15) is 31.9 Å². The number of nitrogens with zero attached hydrogens (tertiary/aromatic N) is 4. The van der Waals surface area contributed by atoms with Crippen molar-refractivity contribution >= 4 is 66.7 Å². The van der Waals surface area contributed by atoms with Crippen molar-refractivity contribution in [3.8, 4) is 63.0 Å². The maximum absolute atomic E-state index is 9.89. The molecule has 306 valence electrons. The van der Waals surface area contributed by atoms with Gasteiger partial charge in [0.1, 0.15) is 28.8 Å². The van der Waals surface area contributed by atoms with E-state index in [9.17, 15) is 5.26 Å². The van der Waals surface area contributed by atoms with Gasteiger partial charge in [-0.15, -0.1) is 0 Å². The topological polar surface area (TPSA) is 65.0 Å². The summed E-state index contributed by atoms with van der Waals surface area (Å²) in [6, 6.07) is 66.2. The lowest BCUT2D eigenvalue weighted by molar-refractivity contribution is 0.464. The minimum atomic E-state index is -0.171. The molecule has 8 aromatic carbocycles. The minimum Gasteiger partial charge on any atom is -0.458 e. The number of hydrogen-bond donors (Lipinski definition) is 0. The summed E-state index contributed by atoms with van der Waals surface area (Å²) in [4.78, 5) is 5.39. The van der Waals surface area contributed by atoms with Crippen molar-refractivity contribution in [1.29, 1.82) is 5.26 Å². The van der Waals surface area contributed by atoms with Crippen molar-refractivity contribution in [2.45, 2.75) is 26.2 Å². The first kappa shape index (κ1) is 37.2. The maximum Gasteiger partial charge on any atom is 0.260 e. The van der Waals surface area contributed by atoms with Gasteiger partial charge in [0.05, 0.1) is 45.1 Å². The number of nitriles is 1. The van der Waals surface area contributed by atoms with Gasteiger partial charge < -0.3 is 14.0 Å². The van der Waals surface area contributed by atoms with Gasteiger partial charge in [-0.3, -0.25) is 4.57 Å². The van der Waals surface area contributed by atoms with Crippen LogP contribution in [0, 0.1) is 11.3 Å². The Morgan fingerprint density at radius 3 is 1.77 bits per heavy atom. The summed E-state index contributed by atoms with van der Waals surface area (Å²) in [5.41, 5.74) is 14.4. The second-order valence-corrected chi connectivity index (χ2v) is 18.3. The van der Waals surface area contributed by atoms with E-state index in [2.05, 4.69) is 200 Å². The number of hydrogen-bond acceptors (Lipinski definition) is 4. The molecule has 0 saturated heterocycles. The summed E-state index contributed by atoms with van der Waals surface area (Å²) < 4.78 is 18.5. The second-order valence-electron chi connectivity index (χ2n) is 18.3. The lowest BCUT2D eigenvalue weighted by atomic mass is 9.34. The third-order valence-corrected chi connectivity index (χ3v) is 13.4. The first-order valence-corrected chi connectivity index (χ1v) is 22.1. The van der Waals surface area contributed by atoms with Crippen LogP contribution in [0.25, 0.3) is 77.5 Å². The van der Waals surface area contributed by atoms with Crippen LogP contribution in [0.5, 0.6) is 23.0 Å². The maximum atomic E-state index is 9.89. The summed E-state index contributed by atoms with van der Waals surface area (Å²) in [7, 11) is 0. The molecule has 5 heterocycles. The predicted octanol–water partition coefficient (Wildman–Crippen LogP) is 12.5. The fourth-order valence-corrected chi connectivity index (χ4v) is 10.3. The molecule has 3 aromatic heterocycles. The zero-order valence-electron chi connectivity index (χ0n) is 36.0. The molecule has 0 fully saturated rings. The average molecular weight is 835 g/mol. The molecule has 0 saturated carbocycles. The van der Waals surface area contributed by atoms with Gasteiger partial charge in [-0.2, -0.15) is 5.26 Å². The molecule has 0 unspecified atom stereocenters. The molecule has 0 aliphatic carbocycles. The normalized spacial score (nSPS) is 12.7. The Labute approximate surface area is 376 Å². The number of para-hydroxylation sites is 2. The van der Waals surface area contributed by atoms with E-state index in [-0.39, 0.29) is 12.1 Å². The molecule has 65 heavy (non-hydrogen) atoms. The van der Waals surface area contributed by atoms with Crippen molar-refractivity contribution < 1.29 is 9.47 Å². The van der Waals surface area contributed by atoms with Gasteiger partial charge in [0.25, 0.3) is 6.71 Å². The molecule has 0 radical (unpaired) electrons. The van der Waals surface area contributed by atoms with Gasteiger partial charge in [0, 0.05) is 39.1 Å². The summed E-state index contributed by atoms with van der Waals surface area (Å²) in [5, 5.41) is 14.4. The molecule has 2 aliphatic heterocycles. The second kappa shape index (κ2) is 13.8. The Hall–Kier alpha value is -8.34. The van der Waals surface area contributed by atoms with E-state index in [1.807, 2.05) is 18.2 Å². The van der Waals surface area contributed by atoms with Crippen molar-refractivity contribution in [1.82, 2.24) is 14.1 Å². The number of fused-ring (bicyclic) bond motifs is 10. The summed E-state index contributed by atoms with van der Waals surface area (Å²) >= 11 is 0. The van der Waals surface area contributed by atoms with Crippen molar-refractivity contribution in [3.05, 3.63) is 193 Å². The molecule has 6 nitrogen and oxygen atoms in total. The number of ether oxygens (including phenoxy) is 2. The van der Waals surface area contributed by atoms with Crippen LogP contribution in [-0.2, 0) is 5.41 Å². The first-order chi connectivity index (χ1) is 31.8. The van der Waals surface area contributed by atoms with Crippen LogP contribution in [-0.4, -0.2) is 20.8 Å². The Morgan fingerprint density at radius 2 is 1.09 bits per heavy atom. The standard InChI is InChI=1S/C58H39BN4O2/c1-58(2,3)39-23-25-51-44(31-39)43-28-35(34-60)20-24-50(43)63(51)56-19-11-16-47(61-56)38-22-27-53-46(30-38)59-45-29-37(36-12-5-4-6-13-36)21-26-52(45)64-54-32-40(33-55(65-53)57(54)59)62-48-17-9-7-14-41(48)42-15-8-10-18-49(42)62/h4-33H,1-3H3. The van der Waals surface area contributed by atoms with E-state index in [1.165, 1.54) is 16.3 Å². The highest BCUT2D eigenvalue weighted by Gasteiger charge is 2.41. The van der Waals surface area contributed by atoms with Crippen LogP contribution >= 0.6 is 0 Å². The summed E-state index contributed by atoms with van der Waals surface area (Å²) in [6.07, 6.45) is 0. The van der Waals surface area contributed by atoms with Crippen LogP contribution in [0.15, 0.2) is 182 Å². The third-order valence-electron chi connectivity index (χ3n) is 13.4. The monoisotopic (exact) mass is 834 g/mol. The zero-order valence-corrected chi connectivity index (χ0v) is 36.0. The highest BCUT2D eigenvalue weighted by molar-refractivity contribution is 6.98. The quantitative estimate of drug-likeness (QED) is 0.166. The SMILES string of the molecule is CC(C)(C)c1ccc2c(c1)c1cc(C#N)ccc1n2-c1cccc(-c2ccc3c(c2)B2c4cc(-c5ccccc5)ccc4Oc4cc(-n5c6ccccc6c6ccccc65)cc(c42)O3)n1. The molecule has 0 N–H and O–H groups in total. The fraction of sp³-hybridized carbons (Fsp3) is 0.0690. The molecule has 0 bridgehead atoms. The van der Waals surface area contributed by atoms with E-state index in [0.29, 0.717) is 5.56 Å². The molecule has 2 aliphatic rings. The van der Waals surface area contributed by atoms with Gasteiger partial charge in [-0.1, -0.05) is 118 Å². The lowest BCUT2D eigenvalue weighted by Gasteiger charge is -2.34. The fourth-order valence-electron chi connectivity index (χ4n) is 10.3. The largest absolute Gasteiger partial charge is 0.458 e. The smallest absolute Gasteiger partial charge is 0.260 e. The Bertz CT molecular complexity index is 3780. The van der Waals surface area contributed by atoms with E-state index in [4.69, 9.17) is 14.5 Å².